The fourth-order valence-electron chi connectivity index (χ4n) is 6.78. The minimum Gasteiger partial charge on any atom is -0.310 e. The van der Waals surface area contributed by atoms with E-state index in [2.05, 4.69) is 185 Å². The Morgan fingerprint density at radius 1 is 0.480 bits per heavy atom. The third-order valence-electron chi connectivity index (χ3n) is 9.37. The molecule has 5 aromatic carbocycles. The number of rotatable bonds is 8. The predicted molar refractivity (Wildman–Crippen MR) is 216 cm³/mol. The molecule has 0 fully saturated rings. The molecule has 4 heteroatoms. The van der Waals surface area contributed by atoms with Crippen molar-refractivity contribution < 1.29 is 0 Å². The molecule has 0 saturated heterocycles. The normalized spacial score (nSPS) is 11.4. The number of aryl methyl sites for hydroxylation is 3. The summed E-state index contributed by atoms with van der Waals surface area (Å²) in [6, 6.07) is 50.2. The van der Waals surface area contributed by atoms with Crippen LogP contribution in [-0.4, -0.2) is 18.0 Å². The Hall–Kier alpha value is -5.58. The lowest BCUT2D eigenvalue weighted by atomic mass is 9.95. The number of hydrogen-bond acceptors (Lipinski definition) is 3. The molecule has 0 aliphatic rings. The van der Waals surface area contributed by atoms with Crippen molar-refractivity contribution in [1.82, 2.24) is 9.97 Å². The van der Waals surface area contributed by atoms with Gasteiger partial charge in [-0.1, -0.05) is 121 Å². The lowest BCUT2D eigenvalue weighted by molar-refractivity contribution is 1.23. The van der Waals surface area contributed by atoms with E-state index in [1.807, 2.05) is 12.4 Å². The van der Waals surface area contributed by atoms with E-state index in [4.69, 9.17) is 9.97 Å². The van der Waals surface area contributed by atoms with Crippen LogP contribution >= 0.6 is 0 Å². The Labute approximate surface area is 298 Å². The van der Waals surface area contributed by atoms with Crippen LogP contribution in [0.5, 0.6) is 0 Å². The Morgan fingerprint density at radius 2 is 1.04 bits per heavy atom. The quantitative estimate of drug-likeness (QED) is 0.151. The molecule has 50 heavy (non-hydrogen) atoms. The van der Waals surface area contributed by atoms with Crippen molar-refractivity contribution in [2.24, 2.45) is 0 Å². The van der Waals surface area contributed by atoms with Gasteiger partial charge in [0, 0.05) is 40.5 Å². The van der Waals surface area contributed by atoms with E-state index in [-0.39, 0.29) is 0 Å². The molecule has 2 heterocycles. The molecule has 0 bridgehead atoms. The van der Waals surface area contributed by atoms with Crippen molar-refractivity contribution in [3.63, 3.8) is 0 Å². The fraction of sp³-hybridized carbons (Fsp3) is 0.130. The maximum Gasteiger partial charge on any atom is 0.0777 e. The fourth-order valence-corrected chi connectivity index (χ4v) is 7.92. The van der Waals surface area contributed by atoms with Crippen molar-refractivity contribution in [2.45, 2.75) is 40.4 Å². The summed E-state index contributed by atoms with van der Waals surface area (Å²) in [7, 11) is -1.52. The molecule has 0 spiro atoms. The minimum absolute atomic E-state index is 0.946. The highest BCUT2D eigenvalue weighted by Gasteiger charge is 2.22. The van der Waals surface area contributed by atoms with Crippen molar-refractivity contribution in [1.29, 1.82) is 0 Å². The number of benzene rings is 5. The molecule has 0 atom stereocenters. The van der Waals surface area contributed by atoms with Crippen LogP contribution in [0.15, 0.2) is 152 Å². The minimum atomic E-state index is -1.52. The molecule has 3 nitrogen and oxygen atoms in total. The first-order valence-electron chi connectivity index (χ1n) is 17.3. The van der Waals surface area contributed by atoms with Gasteiger partial charge in [0.25, 0.3) is 0 Å². The van der Waals surface area contributed by atoms with Crippen molar-refractivity contribution >= 4 is 30.3 Å². The second-order valence-electron chi connectivity index (χ2n) is 14.2. The van der Waals surface area contributed by atoms with E-state index in [0.717, 1.165) is 45.1 Å². The summed E-state index contributed by atoms with van der Waals surface area (Å²) in [6.45, 7) is 13.7. The van der Waals surface area contributed by atoms with Gasteiger partial charge in [0.1, 0.15) is 0 Å². The van der Waals surface area contributed by atoms with Gasteiger partial charge in [-0.05, 0) is 97.1 Å². The van der Waals surface area contributed by atoms with Gasteiger partial charge < -0.3 is 4.90 Å². The van der Waals surface area contributed by atoms with E-state index >= 15 is 0 Å². The van der Waals surface area contributed by atoms with Gasteiger partial charge in [-0.2, -0.15) is 0 Å². The monoisotopic (exact) mass is 665 g/mol. The van der Waals surface area contributed by atoms with Crippen LogP contribution in [0.1, 0.15) is 16.7 Å². The molecular formula is C46H43N3Si. The summed E-state index contributed by atoms with van der Waals surface area (Å²) in [5, 5.41) is 1.40. The molecule has 0 aliphatic carbocycles. The average molecular weight is 666 g/mol. The molecule has 7 rings (SSSR count). The zero-order valence-electron chi connectivity index (χ0n) is 29.8. The molecule has 0 saturated carbocycles. The zero-order chi connectivity index (χ0) is 34.8. The third kappa shape index (κ3) is 6.80. The zero-order valence-corrected chi connectivity index (χ0v) is 30.8. The first-order valence-corrected chi connectivity index (χ1v) is 20.8. The van der Waals surface area contributed by atoms with Gasteiger partial charge >= 0.3 is 0 Å². The number of pyridine rings is 2. The number of anilines is 3. The second-order valence-corrected chi connectivity index (χ2v) is 19.3. The highest BCUT2D eigenvalue weighted by atomic mass is 28.3. The number of hydrogen-bond donors (Lipinski definition) is 0. The van der Waals surface area contributed by atoms with E-state index < -0.39 is 8.07 Å². The van der Waals surface area contributed by atoms with Gasteiger partial charge in [0.05, 0.1) is 25.1 Å². The Bertz CT molecular complexity index is 2290. The lowest BCUT2D eigenvalue weighted by Crippen LogP contribution is -2.37. The third-order valence-corrected chi connectivity index (χ3v) is 11.4. The van der Waals surface area contributed by atoms with E-state index in [1.54, 1.807) is 0 Å². The molecule has 0 N–H and O–H groups in total. The van der Waals surface area contributed by atoms with Crippen LogP contribution in [0.4, 0.5) is 17.1 Å². The van der Waals surface area contributed by atoms with Gasteiger partial charge in [-0.3, -0.25) is 9.97 Å². The molecular weight excluding hydrogens is 623 g/mol. The Morgan fingerprint density at radius 3 is 1.64 bits per heavy atom. The smallest absolute Gasteiger partial charge is 0.0777 e. The van der Waals surface area contributed by atoms with Crippen molar-refractivity contribution in [3.8, 4) is 44.8 Å². The van der Waals surface area contributed by atoms with Crippen molar-refractivity contribution in [2.75, 3.05) is 4.90 Å². The first-order chi connectivity index (χ1) is 24.2. The molecule has 7 aromatic rings. The molecule has 0 radical (unpaired) electrons. The standard InChI is InChI=1S/C46H43N3Si/c1-32-25-33(2)46(43(26-32)36-17-11-8-12-18-36)49(39-21-13-19-37(27-39)44-29-41(23-24-47-44)50(4,5)6)40-22-14-20-38(28-40)45-30-42(34(3)31-48-45)35-15-9-7-10-16-35/h7-31H,1-6H3. The van der Waals surface area contributed by atoms with E-state index in [9.17, 15) is 0 Å². The topological polar surface area (TPSA) is 29.0 Å². The maximum absolute atomic E-state index is 4.93. The van der Waals surface area contributed by atoms with Crippen LogP contribution in [0, 0.1) is 20.8 Å². The molecule has 246 valence electrons. The summed E-state index contributed by atoms with van der Waals surface area (Å²) in [5.41, 5.74) is 15.8. The average Bonchev–Trinajstić information content (AvgIpc) is 3.13. The number of nitrogens with zero attached hydrogens (tertiary/aromatic N) is 3. The van der Waals surface area contributed by atoms with Crippen LogP contribution in [0.2, 0.25) is 19.6 Å². The summed E-state index contributed by atoms with van der Waals surface area (Å²) < 4.78 is 0. The van der Waals surface area contributed by atoms with E-state index in [1.165, 1.54) is 38.6 Å². The summed E-state index contributed by atoms with van der Waals surface area (Å²) in [5.74, 6) is 0. The highest BCUT2D eigenvalue weighted by molar-refractivity contribution is 6.88. The molecule has 0 amide bonds. The number of aromatic nitrogens is 2. The Balaban J connectivity index is 1.43. The summed E-state index contributed by atoms with van der Waals surface area (Å²) in [4.78, 5) is 12.2. The largest absolute Gasteiger partial charge is 0.310 e. The Kier molecular flexibility index (Phi) is 9.05. The van der Waals surface area contributed by atoms with Crippen LogP contribution in [-0.2, 0) is 0 Å². The van der Waals surface area contributed by atoms with Crippen LogP contribution in [0.3, 0.4) is 0 Å². The molecule has 0 aliphatic heterocycles. The first kappa shape index (κ1) is 32.9. The van der Waals surface area contributed by atoms with Crippen LogP contribution < -0.4 is 10.1 Å². The molecule has 0 unspecified atom stereocenters. The lowest BCUT2D eigenvalue weighted by Gasteiger charge is -2.30. The van der Waals surface area contributed by atoms with Crippen molar-refractivity contribution in [3.05, 3.63) is 169 Å². The summed E-state index contributed by atoms with van der Waals surface area (Å²) in [6.07, 6.45) is 3.96. The SMILES string of the molecule is Cc1cc(C)c(N(c2cccc(-c3cc([Si](C)(C)C)ccn3)c2)c2cccc(-c3cc(-c4ccccc4)c(C)cn3)c2)c(-c2ccccc2)c1. The van der Waals surface area contributed by atoms with Gasteiger partial charge in [0.15, 0.2) is 0 Å². The van der Waals surface area contributed by atoms with Gasteiger partial charge in [-0.25, -0.2) is 0 Å². The second kappa shape index (κ2) is 13.7. The summed E-state index contributed by atoms with van der Waals surface area (Å²) >= 11 is 0. The van der Waals surface area contributed by atoms with Crippen LogP contribution in [0.25, 0.3) is 44.8 Å². The maximum atomic E-state index is 4.93. The highest BCUT2D eigenvalue weighted by Crippen LogP contribution is 2.45. The predicted octanol–water partition coefficient (Wildman–Crippen LogP) is 12.1. The molecule has 2 aromatic heterocycles. The van der Waals surface area contributed by atoms with Gasteiger partial charge in [-0.15, -0.1) is 0 Å². The van der Waals surface area contributed by atoms with Gasteiger partial charge in [0.2, 0.25) is 0 Å². The van der Waals surface area contributed by atoms with E-state index in [0.29, 0.717) is 0 Å².